The van der Waals surface area contributed by atoms with Crippen LogP contribution in [0.3, 0.4) is 0 Å². The largest absolute Gasteiger partial charge is 0.325 e. The van der Waals surface area contributed by atoms with Gasteiger partial charge in [-0.1, -0.05) is 24.3 Å². The van der Waals surface area contributed by atoms with E-state index in [9.17, 15) is 18.4 Å². The van der Waals surface area contributed by atoms with E-state index in [2.05, 4.69) is 10.6 Å². The number of hydrogen-bond donors (Lipinski definition) is 2. The zero-order valence-electron chi connectivity index (χ0n) is 12.7. The van der Waals surface area contributed by atoms with Gasteiger partial charge in [0.2, 0.25) is 11.8 Å². The maximum atomic E-state index is 13.6. The van der Waals surface area contributed by atoms with Crippen LogP contribution in [0.1, 0.15) is 13.8 Å². The van der Waals surface area contributed by atoms with Gasteiger partial charge in [-0.3, -0.25) is 9.59 Å². The molecule has 2 aromatic rings. The molecule has 2 aromatic carbocycles. The van der Waals surface area contributed by atoms with E-state index in [4.69, 9.17) is 0 Å². The van der Waals surface area contributed by atoms with Gasteiger partial charge in [-0.2, -0.15) is 0 Å². The van der Waals surface area contributed by atoms with Crippen molar-refractivity contribution in [2.24, 2.45) is 5.41 Å². The molecule has 0 aromatic heterocycles. The van der Waals surface area contributed by atoms with Gasteiger partial charge in [-0.15, -0.1) is 0 Å². The summed E-state index contributed by atoms with van der Waals surface area (Å²) in [5, 5.41) is 4.73. The fourth-order valence-corrected chi connectivity index (χ4v) is 1.80. The SMILES string of the molecule is CC(C)(C(=O)Nc1ccccc1)C(=O)Nc1c(F)cccc1F. The minimum absolute atomic E-state index is 0.524. The lowest BCUT2D eigenvalue weighted by Gasteiger charge is -2.23. The molecule has 0 unspecified atom stereocenters. The third kappa shape index (κ3) is 3.71. The predicted octanol–water partition coefficient (Wildman–Crippen LogP) is 3.57. The van der Waals surface area contributed by atoms with E-state index >= 15 is 0 Å². The number of amides is 2. The summed E-state index contributed by atoms with van der Waals surface area (Å²) < 4.78 is 27.2. The van der Waals surface area contributed by atoms with Gasteiger partial charge in [0.15, 0.2) is 0 Å². The molecular formula is C17H16F2N2O2. The number of para-hydroxylation sites is 2. The molecule has 0 spiro atoms. The third-order valence-electron chi connectivity index (χ3n) is 3.37. The van der Waals surface area contributed by atoms with Gasteiger partial charge < -0.3 is 10.6 Å². The quantitative estimate of drug-likeness (QED) is 0.847. The first kappa shape index (κ1) is 16.6. The predicted molar refractivity (Wildman–Crippen MR) is 83.8 cm³/mol. The highest BCUT2D eigenvalue weighted by atomic mass is 19.1. The van der Waals surface area contributed by atoms with Crippen molar-refractivity contribution in [2.45, 2.75) is 13.8 Å². The van der Waals surface area contributed by atoms with E-state index < -0.39 is 34.6 Å². The standard InChI is InChI=1S/C17H16F2N2O2/c1-17(2,15(22)20-11-7-4-3-5-8-11)16(23)21-14-12(18)9-6-10-13(14)19/h3-10H,1-2H3,(H,20,22)(H,21,23). The molecule has 0 fully saturated rings. The smallest absolute Gasteiger partial charge is 0.239 e. The van der Waals surface area contributed by atoms with Crippen LogP contribution in [0.4, 0.5) is 20.2 Å². The van der Waals surface area contributed by atoms with Crippen LogP contribution >= 0.6 is 0 Å². The molecule has 0 aliphatic carbocycles. The lowest BCUT2D eigenvalue weighted by Crippen LogP contribution is -2.41. The zero-order valence-corrected chi connectivity index (χ0v) is 12.7. The van der Waals surface area contributed by atoms with Gasteiger partial charge in [-0.05, 0) is 38.1 Å². The molecule has 0 saturated heterocycles. The number of rotatable bonds is 4. The second-order valence-corrected chi connectivity index (χ2v) is 5.50. The van der Waals surface area contributed by atoms with Crippen molar-refractivity contribution in [1.82, 2.24) is 0 Å². The molecule has 0 aliphatic rings. The summed E-state index contributed by atoms with van der Waals surface area (Å²) in [4.78, 5) is 24.5. The highest BCUT2D eigenvalue weighted by Gasteiger charge is 2.37. The van der Waals surface area contributed by atoms with Crippen molar-refractivity contribution in [2.75, 3.05) is 10.6 Å². The summed E-state index contributed by atoms with van der Waals surface area (Å²) in [5.74, 6) is -3.21. The molecule has 2 N–H and O–H groups in total. The van der Waals surface area contributed by atoms with Crippen LogP contribution in [0.25, 0.3) is 0 Å². The summed E-state index contributed by atoms with van der Waals surface area (Å²) in [6.07, 6.45) is 0. The Bertz CT molecular complexity index is 710. The minimum Gasteiger partial charge on any atom is -0.325 e. The molecule has 6 heteroatoms. The van der Waals surface area contributed by atoms with Crippen molar-refractivity contribution < 1.29 is 18.4 Å². The van der Waals surface area contributed by atoms with Gasteiger partial charge >= 0.3 is 0 Å². The van der Waals surface area contributed by atoms with E-state index in [0.29, 0.717) is 5.69 Å². The molecule has 23 heavy (non-hydrogen) atoms. The van der Waals surface area contributed by atoms with Gasteiger partial charge in [-0.25, -0.2) is 8.78 Å². The average Bonchev–Trinajstić information content (AvgIpc) is 2.51. The van der Waals surface area contributed by atoms with E-state index in [1.807, 2.05) is 0 Å². The Morgan fingerprint density at radius 2 is 1.35 bits per heavy atom. The van der Waals surface area contributed by atoms with Crippen LogP contribution in [0.15, 0.2) is 48.5 Å². The van der Waals surface area contributed by atoms with E-state index in [1.165, 1.54) is 19.9 Å². The van der Waals surface area contributed by atoms with Crippen LogP contribution in [-0.4, -0.2) is 11.8 Å². The fourth-order valence-electron chi connectivity index (χ4n) is 1.80. The summed E-state index contributed by atoms with van der Waals surface area (Å²) in [6.45, 7) is 2.75. The van der Waals surface area contributed by atoms with E-state index in [-0.39, 0.29) is 0 Å². The third-order valence-corrected chi connectivity index (χ3v) is 3.37. The Morgan fingerprint density at radius 1 is 0.826 bits per heavy atom. The number of carbonyl (C=O) groups excluding carboxylic acids is 2. The zero-order chi connectivity index (χ0) is 17.0. The van der Waals surface area contributed by atoms with Crippen molar-refractivity contribution in [3.63, 3.8) is 0 Å². The van der Waals surface area contributed by atoms with Gasteiger partial charge in [0, 0.05) is 5.69 Å². The topological polar surface area (TPSA) is 58.2 Å². The minimum atomic E-state index is -1.52. The molecule has 0 bridgehead atoms. The number of halogens is 2. The van der Waals surface area contributed by atoms with Crippen LogP contribution in [-0.2, 0) is 9.59 Å². The molecule has 2 rings (SSSR count). The highest BCUT2D eigenvalue weighted by molar-refractivity contribution is 6.14. The maximum absolute atomic E-state index is 13.6. The van der Waals surface area contributed by atoms with Crippen LogP contribution in [0, 0.1) is 17.0 Å². The number of anilines is 2. The Kier molecular flexibility index (Phi) is 4.74. The Balaban J connectivity index is 2.15. The molecule has 120 valence electrons. The number of carbonyl (C=O) groups is 2. The second-order valence-electron chi connectivity index (χ2n) is 5.50. The number of nitrogens with one attached hydrogen (secondary N) is 2. The van der Waals surface area contributed by atoms with Crippen molar-refractivity contribution in [3.8, 4) is 0 Å². The van der Waals surface area contributed by atoms with Crippen molar-refractivity contribution >= 4 is 23.2 Å². The molecule has 0 aliphatic heterocycles. The molecule has 4 nitrogen and oxygen atoms in total. The highest BCUT2D eigenvalue weighted by Crippen LogP contribution is 2.24. The van der Waals surface area contributed by atoms with Crippen LogP contribution in [0.5, 0.6) is 0 Å². The summed E-state index contributed by atoms with van der Waals surface area (Å²) in [6, 6.07) is 11.8. The number of benzene rings is 2. The fraction of sp³-hybridized carbons (Fsp3) is 0.176. The average molecular weight is 318 g/mol. The Morgan fingerprint density at radius 3 is 1.91 bits per heavy atom. The summed E-state index contributed by atoms with van der Waals surface area (Å²) >= 11 is 0. The van der Waals surface area contributed by atoms with E-state index in [1.54, 1.807) is 30.3 Å². The first-order chi connectivity index (χ1) is 10.8. The molecular weight excluding hydrogens is 302 g/mol. The van der Waals surface area contributed by atoms with Crippen LogP contribution < -0.4 is 10.6 Å². The first-order valence-electron chi connectivity index (χ1n) is 6.94. The van der Waals surface area contributed by atoms with Gasteiger partial charge in [0.1, 0.15) is 22.7 Å². The van der Waals surface area contributed by atoms with Crippen molar-refractivity contribution in [3.05, 3.63) is 60.2 Å². The normalized spacial score (nSPS) is 11.0. The van der Waals surface area contributed by atoms with Gasteiger partial charge in [0.05, 0.1) is 0 Å². The molecule has 0 saturated carbocycles. The Hall–Kier alpha value is -2.76. The molecule has 0 radical (unpaired) electrons. The monoisotopic (exact) mass is 318 g/mol. The van der Waals surface area contributed by atoms with Crippen LogP contribution in [0.2, 0.25) is 0 Å². The summed E-state index contributed by atoms with van der Waals surface area (Å²) in [5.41, 5.74) is -1.57. The Labute approximate surface area is 132 Å². The molecule has 0 atom stereocenters. The van der Waals surface area contributed by atoms with Gasteiger partial charge in [0.25, 0.3) is 0 Å². The lowest BCUT2D eigenvalue weighted by molar-refractivity contribution is -0.135. The van der Waals surface area contributed by atoms with Crippen molar-refractivity contribution in [1.29, 1.82) is 0 Å². The molecule has 0 heterocycles. The number of hydrogen-bond acceptors (Lipinski definition) is 2. The van der Waals surface area contributed by atoms with E-state index in [0.717, 1.165) is 12.1 Å². The second kappa shape index (κ2) is 6.56. The first-order valence-corrected chi connectivity index (χ1v) is 6.94. The maximum Gasteiger partial charge on any atom is 0.239 e. The lowest BCUT2D eigenvalue weighted by atomic mass is 9.90. The molecule has 2 amide bonds. The summed E-state index contributed by atoms with van der Waals surface area (Å²) in [7, 11) is 0.